The molecule has 2 aromatic rings. The lowest BCUT2D eigenvalue weighted by atomic mass is 10.2. The van der Waals surface area contributed by atoms with E-state index in [9.17, 15) is 8.78 Å². The number of ether oxygens (including phenoxy) is 1. The fraction of sp³-hybridized carbons (Fsp3) is 0.200. The number of halogens is 4. The molecule has 2 rings (SSSR count). The standard InChI is InChI=1S/C15H13Br2F2NO/c1-21-15-12(16)4-9(5-13(15)17)7-20-8-10-2-3-11(18)6-14(10)19/h2-6,20H,7-8H2,1H3. The molecule has 0 atom stereocenters. The van der Waals surface area contributed by atoms with Crippen LogP contribution < -0.4 is 10.1 Å². The van der Waals surface area contributed by atoms with Gasteiger partial charge in [0, 0.05) is 24.7 Å². The smallest absolute Gasteiger partial charge is 0.147 e. The predicted molar refractivity (Wildman–Crippen MR) is 85.3 cm³/mol. The fourth-order valence-electron chi connectivity index (χ4n) is 1.92. The molecule has 0 fully saturated rings. The Morgan fingerprint density at radius 2 is 1.71 bits per heavy atom. The van der Waals surface area contributed by atoms with E-state index in [0.29, 0.717) is 18.7 Å². The van der Waals surface area contributed by atoms with E-state index in [-0.39, 0.29) is 0 Å². The van der Waals surface area contributed by atoms with Crippen molar-refractivity contribution in [1.82, 2.24) is 5.32 Å². The molecule has 0 bridgehead atoms. The van der Waals surface area contributed by atoms with Crippen molar-refractivity contribution in [3.63, 3.8) is 0 Å². The Hall–Kier alpha value is -0.980. The molecule has 1 N–H and O–H groups in total. The molecular formula is C15H13Br2F2NO. The van der Waals surface area contributed by atoms with E-state index in [1.54, 1.807) is 7.11 Å². The van der Waals surface area contributed by atoms with Crippen LogP contribution in [-0.2, 0) is 13.1 Å². The average molecular weight is 421 g/mol. The van der Waals surface area contributed by atoms with Gasteiger partial charge in [-0.1, -0.05) is 6.07 Å². The predicted octanol–water partition coefficient (Wildman–Crippen LogP) is 4.79. The third kappa shape index (κ3) is 4.25. The molecule has 0 saturated carbocycles. The van der Waals surface area contributed by atoms with Gasteiger partial charge in [0.05, 0.1) is 16.1 Å². The van der Waals surface area contributed by atoms with Crippen molar-refractivity contribution in [1.29, 1.82) is 0 Å². The number of rotatable bonds is 5. The molecule has 6 heteroatoms. The highest BCUT2D eigenvalue weighted by molar-refractivity contribution is 9.11. The number of methoxy groups -OCH3 is 1. The highest BCUT2D eigenvalue weighted by Gasteiger charge is 2.08. The van der Waals surface area contributed by atoms with Crippen molar-refractivity contribution in [2.45, 2.75) is 13.1 Å². The van der Waals surface area contributed by atoms with Gasteiger partial charge < -0.3 is 10.1 Å². The molecule has 0 amide bonds. The molecule has 112 valence electrons. The molecule has 0 aliphatic heterocycles. The molecule has 21 heavy (non-hydrogen) atoms. The summed E-state index contributed by atoms with van der Waals surface area (Å²) in [5.74, 6) is -0.387. The zero-order chi connectivity index (χ0) is 15.4. The molecule has 0 aliphatic rings. The SMILES string of the molecule is COc1c(Br)cc(CNCc2ccc(F)cc2F)cc1Br. The molecule has 0 radical (unpaired) electrons. The quantitative estimate of drug-likeness (QED) is 0.750. The van der Waals surface area contributed by atoms with Crippen LogP contribution in [0.25, 0.3) is 0 Å². The minimum atomic E-state index is -0.570. The number of hydrogen-bond acceptors (Lipinski definition) is 2. The van der Waals surface area contributed by atoms with Crippen LogP contribution in [-0.4, -0.2) is 7.11 Å². The third-order valence-corrected chi connectivity index (χ3v) is 4.10. The van der Waals surface area contributed by atoms with Gasteiger partial charge in [-0.25, -0.2) is 8.78 Å². The summed E-state index contributed by atoms with van der Waals surface area (Å²) in [6.07, 6.45) is 0. The summed E-state index contributed by atoms with van der Waals surface area (Å²) in [6.45, 7) is 0.880. The lowest BCUT2D eigenvalue weighted by Crippen LogP contribution is -2.14. The first-order valence-corrected chi connectivity index (χ1v) is 7.76. The van der Waals surface area contributed by atoms with Crippen molar-refractivity contribution in [2.24, 2.45) is 0 Å². The maximum Gasteiger partial charge on any atom is 0.147 e. The summed E-state index contributed by atoms with van der Waals surface area (Å²) in [5.41, 5.74) is 1.44. The van der Waals surface area contributed by atoms with Gasteiger partial charge in [-0.15, -0.1) is 0 Å². The van der Waals surface area contributed by atoms with Gasteiger partial charge in [-0.3, -0.25) is 0 Å². The van der Waals surface area contributed by atoms with Gasteiger partial charge in [-0.05, 0) is 55.6 Å². The zero-order valence-electron chi connectivity index (χ0n) is 11.2. The van der Waals surface area contributed by atoms with Crippen molar-refractivity contribution >= 4 is 31.9 Å². The number of hydrogen-bond donors (Lipinski definition) is 1. The minimum Gasteiger partial charge on any atom is -0.494 e. The molecule has 0 saturated heterocycles. The van der Waals surface area contributed by atoms with Crippen LogP contribution in [0.1, 0.15) is 11.1 Å². The summed E-state index contributed by atoms with van der Waals surface area (Å²) < 4.78 is 33.2. The van der Waals surface area contributed by atoms with Crippen LogP contribution in [0.3, 0.4) is 0 Å². The van der Waals surface area contributed by atoms with Crippen LogP contribution in [0.2, 0.25) is 0 Å². The van der Waals surface area contributed by atoms with E-state index in [1.807, 2.05) is 12.1 Å². The topological polar surface area (TPSA) is 21.3 Å². The summed E-state index contributed by atoms with van der Waals surface area (Å²) in [4.78, 5) is 0. The summed E-state index contributed by atoms with van der Waals surface area (Å²) in [5, 5.41) is 3.13. The van der Waals surface area contributed by atoms with E-state index in [1.165, 1.54) is 12.1 Å². The Morgan fingerprint density at radius 3 is 2.29 bits per heavy atom. The second-order valence-corrected chi connectivity index (χ2v) is 6.14. The summed E-state index contributed by atoms with van der Waals surface area (Å²) in [6, 6.07) is 7.44. The molecule has 2 nitrogen and oxygen atoms in total. The highest BCUT2D eigenvalue weighted by atomic mass is 79.9. The van der Waals surface area contributed by atoms with Crippen LogP contribution >= 0.6 is 31.9 Å². The van der Waals surface area contributed by atoms with Gasteiger partial charge in [0.15, 0.2) is 0 Å². The van der Waals surface area contributed by atoms with Crippen LogP contribution in [0.4, 0.5) is 8.78 Å². The fourth-order valence-corrected chi connectivity index (χ4v) is 3.52. The van der Waals surface area contributed by atoms with Crippen molar-refractivity contribution in [3.05, 3.63) is 62.0 Å². The Bertz CT molecular complexity index is 627. The van der Waals surface area contributed by atoms with Crippen molar-refractivity contribution < 1.29 is 13.5 Å². The van der Waals surface area contributed by atoms with Gasteiger partial charge in [-0.2, -0.15) is 0 Å². The molecule has 2 aromatic carbocycles. The highest BCUT2D eigenvalue weighted by Crippen LogP contribution is 2.34. The Balaban J connectivity index is 2.00. The molecule has 0 heterocycles. The minimum absolute atomic E-state index is 0.327. The van der Waals surface area contributed by atoms with E-state index in [2.05, 4.69) is 37.2 Å². The van der Waals surface area contributed by atoms with Crippen LogP contribution in [0.15, 0.2) is 39.3 Å². The first kappa shape index (κ1) is 16.4. The van der Waals surface area contributed by atoms with Gasteiger partial charge >= 0.3 is 0 Å². The van der Waals surface area contributed by atoms with Gasteiger partial charge in [0.1, 0.15) is 17.4 Å². The average Bonchev–Trinajstić information content (AvgIpc) is 2.41. The maximum absolute atomic E-state index is 13.5. The van der Waals surface area contributed by atoms with Crippen LogP contribution in [0, 0.1) is 11.6 Å². The molecule has 0 aliphatic carbocycles. The van der Waals surface area contributed by atoms with E-state index in [0.717, 1.165) is 26.3 Å². The van der Waals surface area contributed by atoms with Crippen molar-refractivity contribution in [3.8, 4) is 5.75 Å². The second kappa shape index (κ2) is 7.33. The lowest BCUT2D eigenvalue weighted by molar-refractivity contribution is 0.409. The Kier molecular flexibility index (Phi) is 5.72. The maximum atomic E-state index is 13.5. The molecule has 0 spiro atoms. The first-order chi connectivity index (χ1) is 10.0. The number of benzene rings is 2. The van der Waals surface area contributed by atoms with E-state index < -0.39 is 11.6 Å². The van der Waals surface area contributed by atoms with E-state index in [4.69, 9.17) is 4.74 Å². The lowest BCUT2D eigenvalue weighted by Gasteiger charge is -2.10. The second-order valence-electron chi connectivity index (χ2n) is 4.43. The zero-order valence-corrected chi connectivity index (χ0v) is 14.4. The summed E-state index contributed by atoms with van der Waals surface area (Å²) >= 11 is 6.86. The third-order valence-electron chi connectivity index (χ3n) is 2.92. The molecular weight excluding hydrogens is 408 g/mol. The molecule has 0 aromatic heterocycles. The van der Waals surface area contributed by atoms with Crippen LogP contribution in [0.5, 0.6) is 5.75 Å². The van der Waals surface area contributed by atoms with Gasteiger partial charge in [0.25, 0.3) is 0 Å². The summed E-state index contributed by atoms with van der Waals surface area (Å²) in [7, 11) is 1.60. The number of nitrogens with one attached hydrogen (secondary N) is 1. The Morgan fingerprint density at radius 1 is 1.05 bits per heavy atom. The molecule has 0 unspecified atom stereocenters. The monoisotopic (exact) mass is 419 g/mol. The van der Waals surface area contributed by atoms with Crippen molar-refractivity contribution in [2.75, 3.05) is 7.11 Å². The van der Waals surface area contributed by atoms with Gasteiger partial charge in [0.2, 0.25) is 0 Å². The first-order valence-electron chi connectivity index (χ1n) is 6.18. The normalized spacial score (nSPS) is 10.7. The van der Waals surface area contributed by atoms with E-state index >= 15 is 0 Å². The Labute approximate surface area is 138 Å². The largest absolute Gasteiger partial charge is 0.494 e.